The van der Waals surface area contributed by atoms with E-state index in [4.69, 9.17) is 25.0 Å². The summed E-state index contributed by atoms with van der Waals surface area (Å²) in [5.74, 6) is 0.326. The minimum absolute atomic E-state index is 0.216. The Balaban J connectivity index is 3.29. The fourth-order valence-corrected chi connectivity index (χ4v) is 1.38. The van der Waals surface area contributed by atoms with Gasteiger partial charge in [-0.2, -0.15) is 0 Å². The van der Waals surface area contributed by atoms with Crippen molar-refractivity contribution >= 4 is 12.6 Å². The Bertz CT molecular complexity index is 314. The molecule has 1 rings (SSSR count). The Kier molecular flexibility index (Phi) is 4.10. The van der Waals surface area contributed by atoms with Gasteiger partial charge < -0.3 is 25.0 Å². The summed E-state index contributed by atoms with van der Waals surface area (Å²) in [5, 5.41) is 36.1. The molecule has 0 spiro atoms. The van der Waals surface area contributed by atoms with Gasteiger partial charge in [0.05, 0.1) is 20.3 Å². The van der Waals surface area contributed by atoms with Crippen molar-refractivity contribution in [3.63, 3.8) is 0 Å². The lowest BCUT2D eigenvalue weighted by molar-refractivity contribution is 0.254. The zero-order chi connectivity index (χ0) is 11.4. The first-order valence-corrected chi connectivity index (χ1v) is 4.41. The van der Waals surface area contributed by atoms with E-state index in [9.17, 15) is 0 Å². The molecule has 4 N–H and O–H groups in total. The fraction of sp³-hybridized carbons (Fsp3) is 0.333. The lowest BCUT2D eigenvalue weighted by Crippen LogP contribution is -2.30. The number of aliphatic hydroxyl groups excluding tert-OH is 2. The first kappa shape index (κ1) is 12.0. The molecule has 1 aromatic carbocycles. The predicted octanol–water partition coefficient (Wildman–Crippen LogP) is -1.64. The first-order chi connectivity index (χ1) is 7.13. The zero-order valence-corrected chi connectivity index (χ0v) is 8.34. The minimum atomic E-state index is -1.63. The van der Waals surface area contributed by atoms with E-state index < -0.39 is 7.12 Å². The number of aliphatic hydroxyl groups is 2. The van der Waals surface area contributed by atoms with Crippen molar-refractivity contribution in [3.8, 4) is 5.75 Å². The molecule has 1 aromatic rings. The highest BCUT2D eigenvalue weighted by Gasteiger charge is 2.17. The number of rotatable bonds is 4. The van der Waals surface area contributed by atoms with Crippen LogP contribution in [0, 0.1) is 0 Å². The molecule has 0 aliphatic carbocycles. The third-order valence-corrected chi connectivity index (χ3v) is 2.17. The van der Waals surface area contributed by atoms with Crippen LogP contribution in [0.25, 0.3) is 0 Å². The molecule has 15 heavy (non-hydrogen) atoms. The predicted molar refractivity (Wildman–Crippen MR) is 54.7 cm³/mol. The lowest BCUT2D eigenvalue weighted by atomic mass is 9.78. The maximum atomic E-state index is 9.07. The summed E-state index contributed by atoms with van der Waals surface area (Å²) in [4.78, 5) is 0. The monoisotopic (exact) mass is 212 g/mol. The van der Waals surface area contributed by atoms with Gasteiger partial charge in [0.2, 0.25) is 0 Å². The third kappa shape index (κ3) is 2.48. The van der Waals surface area contributed by atoms with Gasteiger partial charge in [-0.05, 0) is 17.1 Å². The van der Waals surface area contributed by atoms with Crippen molar-refractivity contribution < 1.29 is 25.0 Å². The average molecular weight is 212 g/mol. The molecule has 0 saturated carbocycles. The van der Waals surface area contributed by atoms with E-state index in [0.29, 0.717) is 16.9 Å². The molecular formula is C9H13BO5. The lowest BCUT2D eigenvalue weighted by Gasteiger charge is -2.13. The Morgan fingerprint density at radius 2 is 1.87 bits per heavy atom. The van der Waals surface area contributed by atoms with E-state index in [-0.39, 0.29) is 18.7 Å². The van der Waals surface area contributed by atoms with Gasteiger partial charge in [-0.1, -0.05) is 6.07 Å². The Morgan fingerprint density at radius 3 is 2.27 bits per heavy atom. The molecule has 5 nitrogen and oxygen atoms in total. The van der Waals surface area contributed by atoms with E-state index >= 15 is 0 Å². The molecule has 82 valence electrons. The molecule has 0 unspecified atom stereocenters. The van der Waals surface area contributed by atoms with Gasteiger partial charge in [0.15, 0.2) is 0 Å². The topological polar surface area (TPSA) is 90.2 Å². The Morgan fingerprint density at radius 1 is 1.20 bits per heavy atom. The van der Waals surface area contributed by atoms with Crippen molar-refractivity contribution in [2.45, 2.75) is 13.2 Å². The summed E-state index contributed by atoms with van der Waals surface area (Å²) in [6.45, 7) is -0.576. The second kappa shape index (κ2) is 5.13. The molecular weight excluding hydrogens is 199 g/mol. The van der Waals surface area contributed by atoms with Crippen LogP contribution >= 0.6 is 0 Å². The van der Waals surface area contributed by atoms with E-state index in [1.807, 2.05) is 0 Å². The highest BCUT2D eigenvalue weighted by Crippen LogP contribution is 2.21. The van der Waals surface area contributed by atoms with Crippen LogP contribution in [0.1, 0.15) is 11.1 Å². The third-order valence-electron chi connectivity index (χ3n) is 2.17. The molecule has 0 amide bonds. The van der Waals surface area contributed by atoms with Gasteiger partial charge in [0.1, 0.15) is 5.75 Å². The van der Waals surface area contributed by atoms with Crippen molar-refractivity contribution in [2.75, 3.05) is 7.11 Å². The van der Waals surface area contributed by atoms with E-state index in [2.05, 4.69) is 0 Å². The number of hydrogen-bond acceptors (Lipinski definition) is 5. The summed E-state index contributed by atoms with van der Waals surface area (Å²) in [7, 11) is -0.222. The molecule has 6 heteroatoms. The van der Waals surface area contributed by atoms with Crippen molar-refractivity contribution in [1.29, 1.82) is 0 Å². The van der Waals surface area contributed by atoms with Gasteiger partial charge in [-0.25, -0.2) is 0 Å². The Hall–Kier alpha value is -1.08. The SMILES string of the molecule is COc1cc(B(O)O)cc(CO)c1CO. The second-order valence-corrected chi connectivity index (χ2v) is 3.05. The fourth-order valence-electron chi connectivity index (χ4n) is 1.38. The summed E-state index contributed by atoms with van der Waals surface area (Å²) < 4.78 is 4.98. The van der Waals surface area contributed by atoms with Crippen LogP contribution in [0.3, 0.4) is 0 Å². The molecule has 0 fully saturated rings. The highest BCUT2D eigenvalue weighted by molar-refractivity contribution is 6.58. The molecule has 0 radical (unpaired) electrons. The summed E-state index contributed by atoms with van der Waals surface area (Å²) in [5.41, 5.74) is 1.08. The van der Waals surface area contributed by atoms with Crippen molar-refractivity contribution in [3.05, 3.63) is 23.3 Å². The van der Waals surface area contributed by atoms with Gasteiger partial charge in [0.25, 0.3) is 0 Å². The zero-order valence-electron chi connectivity index (χ0n) is 8.34. The van der Waals surface area contributed by atoms with Crippen LogP contribution in [-0.2, 0) is 13.2 Å². The number of benzene rings is 1. The molecule has 0 heterocycles. The standard InChI is InChI=1S/C9H13BO5/c1-15-9-3-7(10(13)14)2-6(4-11)8(9)5-12/h2-3,11-14H,4-5H2,1H3. The molecule has 0 aliphatic rings. The smallest absolute Gasteiger partial charge is 0.488 e. The van der Waals surface area contributed by atoms with Gasteiger partial charge >= 0.3 is 7.12 Å². The number of hydrogen-bond donors (Lipinski definition) is 4. The van der Waals surface area contributed by atoms with Crippen LogP contribution in [0.4, 0.5) is 0 Å². The summed E-state index contributed by atoms with van der Waals surface area (Å²) in [6, 6.07) is 2.83. The van der Waals surface area contributed by atoms with Gasteiger partial charge in [-0.15, -0.1) is 0 Å². The molecule has 0 saturated heterocycles. The van der Waals surface area contributed by atoms with Crippen LogP contribution in [-0.4, -0.2) is 34.5 Å². The van der Waals surface area contributed by atoms with E-state index in [0.717, 1.165) is 0 Å². The van der Waals surface area contributed by atoms with E-state index in [1.165, 1.54) is 19.2 Å². The Labute approximate surface area is 87.7 Å². The summed E-state index contributed by atoms with van der Waals surface area (Å²) >= 11 is 0. The largest absolute Gasteiger partial charge is 0.496 e. The molecule has 0 aromatic heterocycles. The number of ether oxygens (including phenoxy) is 1. The van der Waals surface area contributed by atoms with Crippen LogP contribution in [0.2, 0.25) is 0 Å². The summed E-state index contributed by atoms with van der Waals surface area (Å²) in [6.07, 6.45) is 0. The quantitative estimate of drug-likeness (QED) is 0.449. The maximum absolute atomic E-state index is 9.07. The van der Waals surface area contributed by atoms with Crippen molar-refractivity contribution in [1.82, 2.24) is 0 Å². The second-order valence-electron chi connectivity index (χ2n) is 3.05. The van der Waals surface area contributed by atoms with Crippen LogP contribution in [0.15, 0.2) is 12.1 Å². The number of methoxy groups -OCH3 is 1. The molecule has 0 atom stereocenters. The molecule has 0 bridgehead atoms. The van der Waals surface area contributed by atoms with E-state index in [1.54, 1.807) is 0 Å². The average Bonchev–Trinajstić information content (AvgIpc) is 2.26. The normalized spacial score (nSPS) is 10.2. The molecule has 0 aliphatic heterocycles. The van der Waals surface area contributed by atoms with Gasteiger partial charge in [0, 0.05) is 5.56 Å². The van der Waals surface area contributed by atoms with Crippen LogP contribution < -0.4 is 10.2 Å². The van der Waals surface area contributed by atoms with Crippen molar-refractivity contribution in [2.24, 2.45) is 0 Å². The highest BCUT2D eigenvalue weighted by atomic mass is 16.5. The minimum Gasteiger partial charge on any atom is -0.496 e. The maximum Gasteiger partial charge on any atom is 0.488 e. The van der Waals surface area contributed by atoms with Gasteiger partial charge in [-0.3, -0.25) is 0 Å². The first-order valence-electron chi connectivity index (χ1n) is 4.41. The van der Waals surface area contributed by atoms with Crippen LogP contribution in [0.5, 0.6) is 5.75 Å².